The number of unbranched alkanes of at least 4 members (excludes halogenated alkanes) is 1. The van der Waals surface area contributed by atoms with Crippen LogP contribution in [0.3, 0.4) is 0 Å². The SMILES string of the molecule is CCCCC1(c2ccccc2)OC1(CC)c1ccccc1. The summed E-state index contributed by atoms with van der Waals surface area (Å²) in [5, 5.41) is 0. The van der Waals surface area contributed by atoms with Crippen LogP contribution in [-0.4, -0.2) is 0 Å². The first-order valence-electron chi connectivity index (χ1n) is 8.10. The molecule has 0 N–H and O–H groups in total. The normalized spacial score (nSPS) is 27.5. The minimum absolute atomic E-state index is 0.139. The highest BCUT2D eigenvalue weighted by Gasteiger charge is 2.69. The molecule has 3 rings (SSSR count). The minimum Gasteiger partial charge on any atom is -0.352 e. The molecule has 2 aromatic carbocycles. The van der Waals surface area contributed by atoms with Crippen LogP contribution >= 0.6 is 0 Å². The number of hydrogen-bond donors (Lipinski definition) is 0. The molecule has 110 valence electrons. The Bertz CT molecular complexity index is 577. The third-order valence-electron chi connectivity index (χ3n) is 4.82. The Balaban J connectivity index is 2.03. The third-order valence-corrected chi connectivity index (χ3v) is 4.82. The average Bonchev–Trinajstić information content (AvgIpc) is 3.25. The maximum atomic E-state index is 6.52. The summed E-state index contributed by atoms with van der Waals surface area (Å²) in [5.41, 5.74) is 2.35. The molecule has 2 atom stereocenters. The largest absolute Gasteiger partial charge is 0.352 e. The van der Waals surface area contributed by atoms with Crippen LogP contribution in [0.25, 0.3) is 0 Å². The minimum atomic E-state index is -0.148. The van der Waals surface area contributed by atoms with Crippen molar-refractivity contribution in [1.29, 1.82) is 0 Å². The van der Waals surface area contributed by atoms with Crippen molar-refractivity contribution in [3.63, 3.8) is 0 Å². The fraction of sp³-hybridized carbons (Fsp3) is 0.400. The molecule has 0 spiro atoms. The molecule has 0 aliphatic carbocycles. The van der Waals surface area contributed by atoms with E-state index in [4.69, 9.17) is 4.74 Å². The van der Waals surface area contributed by atoms with Crippen molar-refractivity contribution in [3.8, 4) is 0 Å². The highest BCUT2D eigenvalue weighted by molar-refractivity contribution is 5.41. The van der Waals surface area contributed by atoms with E-state index in [0.717, 1.165) is 12.8 Å². The van der Waals surface area contributed by atoms with Gasteiger partial charge in [0.2, 0.25) is 0 Å². The number of ether oxygens (including phenoxy) is 1. The van der Waals surface area contributed by atoms with Gasteiger partial charge in [0.05, 0.1) is 0 Å². The van der Waals surface area contributed by atoms with Gasteiger partial charge in [0.1, 0.15) is 11.2 Å². The van der Waals surface area contributed by atoms with Crippen LogP contribution in [0.1, 0.15) is 50.7 Å². The van der Waals surface area contributed by atoms with Crippen LogP contribution in [0.5, 0.6) is 0 Å². The lowest BCUT2D eigenvalue weighted by atomic mass is 9.77. The van der Waals surface area contributed by atoms with Gasteiger partial charge in [-0.05, 0) is 24.0 Å². The van der Waals surface area contributed by atoms with E-state index in [2.05, 4.69) is 74.5 Å². The molecule has 0 saturated carbocycles. The summed E-state index contributed by atoms with van der Waals surface area (Å²) >= 11 is 0. The molecular weight excluding hydrogens is 256 g/mol. The van der Waals surface area contributed by atoms with Crippen LogP contribution in [0.2, 0.25) is 0 Å². The Hall–Kier alpha value is -1.60. The fourth-order valence-corrected chi connectivity index (χ4v) is 3.66. The molecule has 1 aliphatic rings. The van der Waals surface area contributed by atoms with Gasteiger partial charge < -0.3 is 4.74 Å². The van der Waals surface area contributed by atoms with Crippen molar-refractivity contribution >= 4 is 0 Å². The van der Waals surface area contributed by atoms with E-state index in [-0.39, 0.29) is 11.2 Å². The Morgan fingerprint density at radius 3 is 1.76 bits per heavy atom. The topological polar surface area (TPSA) is 12.5 Å². The molecule has 0 bridgehead atoms. The van der Waals surface area contributed by atoms with E-state index >= 15 is 0 Å². The molecule has 1 heteroatoms. The second-order valence-electron chi connectivity index (χ2n) is 5.95. The highest BCUT2D eigenvalue weighted by atomic mass is 16.6. The van der Waals surface area contributed by atoms with Crippen LogP contribution in [-0.2, 0) is 15.9 Å². The lowest BCUT2D eigenvalue weighted by Gasteiger charge is -2.20. The summed E-state index contributed by atoms with van der Waals surface area (Å²) in [6, 6.07) is 21.5. The summed E-state index contributed by atoms with van der Waals surface area (Å²) < 4.78 is 6.52. The Morgan fingerprint density at radius 1 is 0.762 bits per heavy atom. The number of epoxide rings is 1. The van der Waals surface area contributed by atoms with Gasteiger partial charge in [-0.2, -0.15) is 0 Å². The van der Waals surface area contributed by atoms with Gasteiger partial charge in [-0.3, -0.25) is 0 Å². The highest BCUT2D eigenvalue weighted by Crippen LogP contribution is 2.66. The molecule has 1 nitrogen and oxygen atoms in total. The fourth-order valence-electron chi connectivity index (χ4n) is 3.66. The zero-order valence-corrected chi connectivity index (χ0v) is 13.0. The van der Waals surface area contributed by atoms with Crippen LogP contribution in [0.4, 0.5) is 0 Å². The maximum absolute atomic E-state index is 6.52. The van der Waals surface area contributed by atoms with Gasteiger partial charge in [0.25, 0.3) is 0 Å². The zero-order chi connectivity index (χ0) is 14.8. The molecule has 2 aromatic rings. The average molecular weight is 280 g/mol. The van der Waals surface area contributed by atoms with Gasteiger partial charge >= 0.3 is 0 Å². The van der Waals surface area contributed by atoms with Crippen molar-refractivity contribution in [2.45, 2.75) is 50.7 Å². The molecule has 1 saturated heterocycles. The number of benzene rings is 2. The van der Waals surface area contributed by atoms with E-state index < -0.39 is 0 Å². The molecule has 2 unspecified atom stereocenters. The first-order chi connectivity index (χ1) is 10.3. The maximum Gasteiger partial charge on any atom is 0.128 e. The summed E-state index contributed by atoms with van der Waals surface area (Å²) in [4.78, 5) is 0. The van der Waals surface area contributed by atoms with Crippen LogP contribution in [0, 0.1) is 0 Å². The Labute approximate surface area is 128 Å². The van der Waals surface area contributed by atoms with Gasteiger partial charge in [-0.1, -0.05) is 87.4 Å². The molecule has 1 fully saturated rings. The van der Waals surface area contributed by atoms with Crippen molar-refractivity contribution < 1.29 is 4.74 Å². The van der Waals surface area contributed by atoms with Gasteiger partial charge in [-0.15, -0.1) is 0 Å². The second-order valence-corrected chi connectivity index (χ2v) is 5.95. The monoisotopic (exact) mass is 280 g/mol. The predicted octanol–water partition coefficient (Wildman–Crippen LogP) is 5.41. The first-order valence-corrected chi connectivity index (χ1v) is 8.10. The van der Waals surface area contributed by atoms with Crippen molar-refractivity contribution in [3.05, 3.63) is 71.8 Å². The molecule has 0 aromatic heterocycles. The molecule has 1 heterocycles. The Kier molecular flexibility index (Phi) is 3.86. The third kappa shape index (κ3) is 2.20. The number of rotatable bonds is 6. The summed E-state index contributed by atoms with van der Waals surface area (Å²) in [7, 11) is 0. The molecule has 1 aliphatic heterocycles. The zero-order valence-electron chi connectivity index (χ0n) is 13.0. The smallest absolute Gasteiger partial charge is 0.128 e. The summed E-state index contributed by atoms with van der Waals surface area (Å²) in [6.45, 7) is 4.49. The second kappa shape index (κ2) is 5.65. The molecule has 21 heavy (non-hydrogen) atoms. The van der Waals surface area contributed by atoms with Gasteiger partial charge in [0, 0.05) is 0 Å². The Morgan fingerprint density at radius 2 is 1.29 bits per heavy atom. The quantitative estimate of drug-likeness (QED) is 0.645. The van der Waals surface area contributed by atoms with E-state index in [1.165, 1.54) is 24.0 Å². The van der Waals surface area contributed by atoms with E-state index in [0.29, 0.717) is 0 Å². The summed E-state index contributed by atoms with van der Waals surface area (Å²) in [6.07, 6.45) is 4.50. The van der Waals surface area contributed by atoms with E-state index in [1.54, 1.807) is 0 Å². The van der Waals surface area contributed by atoms with Crippen molar-refractivity contribution in [2.75, 3.05) is 0 Å². The number of hydrogen-bond acceptors (Lipinski definition) is 1. The lowest BCUT2D eigenvalue weighted by molar-refractivity contribution is 0.249. The molecule has 0 amide bonds. The molecular formula is C20H24O. The summed E-state index contributed by atoms with van der Waals surface area (Å²) in [5.74, 6) is 0. The van der Waals surface area contributed by atoms with Gasteiger partial charge in [0.15, 0.2) is 0 Å². The van der Waals surface area contributed by atoms with E-state index in [1.807, 2.05) is 0 Å². The van der Waals surface area contributed by atoms with Crippen molar-refractivity contribution in [2.24, 2.45) is 0 Å². The standard InChI is InChI=1S/C20H24O/c1-3-5-16-20(18-14-10-7-11-15-18)19(4-2,21-20)17-12-8-6-9-13-17/h6-15H,3-5,16H2,1-2H3. The predicted molar refractivity (Wildman–Crippen MR) is 87.1 cm³/mol. The first kappa shape index (κ1) is 14.3. The van der Waals surface area contributed by atoms with Gasteiger partial charge in [-0.25, -0.2) is 0 Å². The van der Waals surface area contributed by atoms with Crippen LogP contribution < -0.4 is 0 Å². The van der Waals surface area contributed by atoms with Crippen molar-refractivity contribution in [1.82, 2.24) is 0 Å². The van der Waals surface area contributed by atoms with Crippen LogP contribution in [0.15, 0.2) is 60.7 Å². The lowest BCUT2D eigenvalue weighted by Crippen LogP contribution is -2.22. The van der Waals surface area contributed by atoms with E-state index in [9.17, 15) is 0 Å². The molecule has 0 radical (unpaired) electrons.